The first kappa shape index (κ1) is 19.9. The minimum absolute atomic E-state index is 0.00744. The van der Waals surface area contributed by atoms with Crippen molar-refractivity contribution in [3.05, 3.63) is 64.2 Å². The molecule has 10 heteroatoms. The van der Waals surface area contributed by atoms with Crippen LogP contribution in [0.15, 0.2) is 46.1 Å². The van der Waals surface area contributed by atoms with Gasteiger partial charge in [0.15, 0.2) is 0 Å². The summed E-state index contributed by atoms with van der Waals surface area (Å²) in [5.74, 6) is -0.959. The fourth-order valence-corrected chi connectivity index (χ4v) is 3.85. The van der Waals surface area contributed by atoms with E-state index in [1.165, 1.54) is 29.5 Å². The zero-order chi connectivity index (χ0) is 20.2. The molecule has 0 amide bonds. The molecule has 3 N–H and O–H groups in total. The summed E-state index contributed by atoms with van der Waals surface area (Å²) in [4.78, 5) is 3.83. The van der Waals surface area contributed by atoms with E-state index < -0.39 is 17.5 Å². The molecule has 1 aromatic heterocycles. The average molecular weight is 439 g/mol. The summed E-state index contributed by atoms with van der Waals surface area (Å²) in [5.41, 5.74) is 2.13. The van der Waals surface area contributed by atoms with Crippen molar-refractivity contribution in [1.82, 2.24) is 10.3 Å². The molecule has 1 aliphatic rings. The molecule has 4 rings (SSSR count). The van der Waals surface area contributed by atoms with E-state index in [9.17, 15) is 13.2 Å². The lowest BCUT2D eigenvalue weighted by molar-refractivity contribution is 0.140. The fourth-order valence-electron chi connectivity index (χ4n) is 2.66. The largest absolute Gasteiger partial charge is 0.487 e. The Morgan fingerprint density at radius 2 is 1.97 bits per heavy atom. The summed E-state index contributed by atoms with van der Waals surface area (Å²) in [5, 5.41) is 7.68. The molecule has 0 unspecified atom stereocenters. The summed E-state index contributed by atoms with van der Waals surface area (Å²) in [6.07, 6.45) is -0.00744. The third-order valence-corrected chi connectivity index (χ3v) is 5.76. The molecule has 5 nitrogen and oxygen atoms in total. The van der Waals surface area contributed by atoms with Gasteiger partial charge in [-0.1, -0.05) is 6.07 Å². The van der Waals surface area contributed by atoms with Crippen LogP contribution in [0.4, 0.5) is 24.7 Å². The zero-order valence-corrected chi connectivity index (χ0v) is 16.7. The molecule has 3 aromatic rings. The van der Waals surface area contributed by atoms with Crippen LogP contribution in [0.1, 0.15) is 5.56 Å². The highest BCUT2D eigenvalue weighted by atomic mass is 32.2. The highest BCUT2D eigenvalue weighted by Gasteiger charge is 2.21. The van der Waals surface area contributed by atoms with Crippen molar-refractivity contribution in [2.24, 2.45) is 0 Å². The van der Waals surface area contributed by atoms with Gasteiger partial charge in [-0.05, 0) is 36.2 Å². The van der Waals surface area contributed by atoms with Crippen LogP contribution in [-0.2, 0) is 6.54 Å². The van der Waals surface area contributed by atoms with Gasteiger partial charge >= 0.3 is 0 Å². The van der Waals surface area contributed by atoms with Crippen LogP contribution in [0.3, 0.4) is 0 Å². The number of benzene rings is 2. The summed E-state index contributed by atoms with van der Waals surface area (Å²) < 4.78 is 51.6. The van der Waals surface area contributed by atoms with E-state index in [4.69, 9.17) is 4.74 Å². The maximum atomic E-state index is 14.4. The standard InChI is InChI=1S/C19H17F3N4OS2/c20-14-2-1-3-17(27-12-6-23-7-12)13(14)8-24-11-4-15(21)19(16(22)5-11)29-26-18-9-28-10-25-18/h1-5,9-10,12,23-24,26H,6-8H2. The predicted octanol–water partition coefficient (Wildman–Crippen LogP) is 4.64. The number of halogens is 3. The Balaban J connectivity index is 1.45. The SMILES string of the molecule is Fc1cccc(OC2CNC2)c1CNc1cc(F)c(SNc2cscn2)c(F)c1. The number of rotatable bonds is 8. The van der Waals surface area contributed by atoms with Crippen LogP contribution in [0.25, 0.3) is 0 Å². The van der Waals surface area contributed by atoms with Crippen LogP contribution in [0, 0.1) is 17.5 Å². The normalized spacial score (nSPS) is 13.8. The third-order valence-electron chi connectivity index (χ3n) is 4.27. The van der Waals surface area contributed by atoms with E-state index in [1.54, 1.807) is 23.0 Å². The quantitative estimate of drug-likeness (QED) is 0.446. The van der Waals surface area contributed by atoms with Crippen molar-refractivity contribution in [2.75, 3.05) is 23.1 Å². The first-order chi connectivity index (χ1) is 14.1. The van der Waals surface area contributed by atoms with Crippen LogP contribution in [0.2, 0.25) is 0 Å². The second-order valence-electron chi connectivity index (χ2n) is 6.32. The Morgan fingerprint density at radius 1 is 1.17 bits per heavy atom. The van der Waals surface area contributed by atoms with Gasteiger partial charge in [0.2, 0.25) is 0 Å². The minimum Gasteiger partial charge on any atom is -0.487 e. The zero-order valence-electron chi connectivity index (χ0n) is 15.0. The fraction of sp³-hybridized carbons (Fsp3) is 0.211. The number of aromatic nitrogens is 1. The summed E-state index contributed by atoms with van der Waals surface area (Å²) in [6.45, 7) is 1.44. The number of nitrogens with one attached hydrogen (secondary N) is 3. The van der Waals surface area contributed by atoms with Crippen molar-refractivity contribution in [2.45, 2.75) is 17.5 Å². The van der Waals surface area contributed by atoms with Gasteiger partial charge in [0.05, 0.1) is 5.51 Å². The van der Waals surface area contributed by atoms with Gasteiger partial charge in [0.1, 0.15) is 40.0 Å². The smallest absolute Gasteiger partial charge is 0.147 e. The van der Waals surface area contributed by atoms with Gasteiger partial charge in [-0.25, -0.2) is 18.2 Å². The number of ether oxygens (including phenoxy) is 1. The summed E-state index contributed by atoms with van der Waals surface area (Å²) in [7, 11) is 0. The van der Waals surface area contributed by atoms with Crippen LogP contribution in [0.5, 0.6) is 5.75 Å². The van der Waals surface area contributed by atoms with Gasteiger partial charge in [0, 0.05) is 36.3 Å². The van der Waals surface area contributed by atoms with Crippen LogP contribution in [-0.4, -0.2) is 24.2 Å². The number of thiazole rings is 1. The van der Waals surface area contributed by atoms with E-state index >= 15 is 0 Å². The number of hydrogen-bond acceptors (Lipinski definition) is 7. The molecule has 0 bridgehead atoms. The molecular weight excluding hydrogens is 421 g/mol. The summed E-state index contributed by atoms with van der Waals surface area (Å²) in [6, 6.07) is 6.93. The Kier molecular flexibility index (Phi) is 6.12. The Labute approximate surface area is 173 Å². The molecule has 0 saturated carbocycles. The molecule has 1 aliphatic heterocycles. The van der Waals surface area contributed by atoms with E-state index in [1.807, 2.05) is 0 Å². The van der Waals surface area contributed by atoms with Crippen molar-refractivity contribution in [1.29, 1.82) is 0 Å². The highest BCUT2D eigenvalue weighted by molar-refractivity contribution is 8.00. The summed E-state index contributed by atoms with van der Waals surface area (Å²) >= 11 is 2.18. The minimum atomic E-state index is -0.731. The topological polar surface area (TPSA) is 58.2 Å². The highest BCUT2D eigenvalue weighted by Crippen LogP contribution is 2.30. The molecule has 2 aromatic carbocycles. The molecule has 1 saturated heterocycles. The lowest BCUT2D eigenvalue weighted by atomic mass is 10.1. The second-order valence-corrected chi connectivity index (χ2v) is 7.85. The van der Waals surface area contributed by atoms with Gasteiger partial charge in [-0.2, -0.15) is 0 Å². The van der Waals surface area contributed by atoms with E-state index in [-0.39, 0.29) is 23.2 Å². The molecule has 2 heterocycles. The molecular formula is C19H17F3N4OS2. The maximum Gasteiger partial charge on any atom is 0.147 e. The van der Waals surface area contributed by atoms with E-state index in [2.05, 4.69) is 20.3 Å². The van der Waals surface area contributed by atoms with E-state index in [0.29, 0.717) is 30.2 Å². The van der Waals surface area contributed by atoms with Crippen molar-refractivity contribution >= 4 is 34.8 Å². The molecule has 152 valence electrons. The third kappa shape index (κ3) is 4.77. The average Bonchev–Trinajstić information content (AvgIpc) is 3.17. The van der Waals surface area contributed by atoms with Crippen LogP contribution >= 0.6 is 23.3 Å². The molecule has 0 atom stereocenters. The number of nitrogens with zero attached hydrogens (tertiary/aromatic N) is 1. The molecule has 0 radical (unpaired) electrons. The molecule has 29 heavy (non-hydrogen) atoms. The van der Waals surface area contributed by atoms with Crippen molar-refractivity contribution < 1.29 is 17.9 Å². The number of anilines is 2. The van der Waals surface area contributed by atoms with Gasteiger partial charge in [0.25, 0.3) is 0 Å². The first-order valence-electron chi connectivity index (χ1n) is 8.79. The predicted molar refractivity (Wildman–Crippen MR) is 109 cm³/mol. The lowest BCUT2D eigenvalue weighted by Crippen LogP contribution is -2.50. The molecule has 1 fully saturated rings. The van der Waals surface area contributed by atoms with Gasteiger partial charge in [-0.3, -0.25) is 0 Å². The van der Waals surface area contributed by atoms with Crippen LogP contribution < -0.4 is 20.1 Å². The Morgan fingerprint density at radius 3 is 2.62 bits per heavy atom. The Bertz CT molecular complexity index is 961. The monoisotopic (exact) mass is 438 g/mol. The second kappa shape index (κ2) is 8.93. The Hall–Kier alpha value is -2.43. The van der Waals surface area contributed by atoms with Gasteiger partial charge < -0.3 is 20.1 Å². The van der Waals surface area contributed by atoms with E-state index in [0.717, 1.165) is 11.9 Å². The molecule has 0 aliphatic carbocycles. The van der Waals surface area contributed by atoms with Gasteiger partial charge in [-0.15, -0.1) is 11.3 Å². The maximum absolute atomic E-state index is 14.4. The lowest BCUT2D eigenvalue weighted by Gasteiger charge is -2.29. The first-order valence-corrected chi connectivity index (χ1v) is 10.5. The number of hydrogen-bond donors (Lipinski definition) is 3. The molecule has 0 spiro atoms. The van der Waals surface area contributed by atoms with Crippen molar-refractivity contribution in [3.63, 3.8) is 0 Å². The van der Waals surface area contributed by atoms with Crippen molar-refractivity contribution in [3.8, 4) is 5.75 Å².